The number of carbonyl (C=O) groups excluding carboxylic acids is 1. The number of carbonyl (C=O) groups is 1. The Morgan fingerprint density at radius 2 is 2.28 bits per heavy atom. The molecule has 5 nitrogen and oxygen atoms in total. The second kappa shape index (κ2) is 4.10. The van der Waals surface area contributed by atoms with E-state index in [0.717, 1.165) is 12.1 Å². The summed E-state index contributed by atoms with van der Waals surface area (Å²) in [6.07, 6.45) is 12.5. The molecule has 1 aliphatic carbocycles. The summed E-state index contributed by atoms with van der Waals surface area (Å²) in [6.45, 7) is 0. The molecular weight excluding hydrogens is 228 g/mol. The molecule has 3 rings (SSSR count). The molecule has 5 heteroatoms. The quantitative estimate of drug-likeness (QED) is 0.862. The lowest BCUT2D eigenvalue weighted by atomic mass is 9.97. The van der Waals surface area contributed by atoms with Crippen molar-refractivity contribution in [3.05, 3.63) is 54.3 Å². The van der Waals surface area contributed by atoms with E-state index >= 15 is 0 Å². The minimum atomic E-state index is -0.554. The van der Waals surface area contributed by atoms with Crippen molar-refractivity contribution in [3.63, 3.8) is 0 Å². The molecular formula is C13H12N4O. The van der Waals surface area contributed by atoms with Gasteiger partial charge in [0, 0.05) is 17.8 Å². The van der Waals surface area contributed by atoms with Gasteiger partial charge < -0.3 is 5.73 Å². The van der Waals surface area contributed by atoms with Gasteiger partial charge in [0.1, 0.15) is 6.33 Å². The van der Waals surface area contributed by atoms with Gasteiger partial charge in [-0.15, -0.1) is 0 Å². The van der Waals surface area contributed by atoms with Crippen molar-refractivity contribution in [1.29, 1.82) is 0 Å². The first-order chi connectivity index (χ1) is 8.77. The Morgan fingerprint density at radius 3 is 3.00 bits per heavy atom. The first-order valence-corrected chi connectivity index (χ1v) is 5.72. The van der Waals surface area contributed by atoms with Crippen LogP contribution in [-0.2, 0) is 0 Å². The fourth-order valence-electron chi connectivity index (χ4n) is 2.19. The van der Waals surface area contributed by atoms with E-state index in [0.29, 0.717) is 5.65 Å². The fraction of sp³-hybridized carbons (Fsp3) is 0.154. The third-order valence-electron chi connectivity index (χ3n) is 3.06. The summed E-state index contributed by atoms with van der Waals surface area (Å²) in [4.78, 5) is 19.5. The Bertz CT molecular complexity index is 669. The largest absolute Gasteiger partial charge is 0.364 e. The van der Waals surface area contributed by atoms with Crippen LogP contribution in [-0.4, -0.2) is 20.3 Å². The van der Waals surface area contributed by atoms with Gasteiger partial charge in [0.15, 0.2) is 11.3 Å². The third-order valence-corrected chi connectivity index (χ3v) is 3.06. The molecule has 2 N–H and O–H groups in total. The maximum atomic E-state index is 11.2. The van der Waals surface area contributed by atoms with Gasteiger partial charge in [-0.1, -0.05) is 24.3 Å². The maximum Gasteiger partial charge on any atom is 0.271 e. The molecule has 18 heavy (non-hydrogen) atoms. The van der Waals surface area contributed by atoms with Crippen molar-refractivity contribution < 1.29 is 4.79 Å². The first-order valence-electron chi connectivity index (χ1n) is 5.72. The third kappa shape index (κ3) is 1.60. The second-order valence-electron chi connectivity index (χ2n) is 4.18. The number of fused-ring (bicyclic) bond motifs is 1. The van der Waals surface area contributed by atoms with Gasteiger partial charge in [-0.05, 0) is 12.5 Å². The van der Waals surface area contributed by atoms with Crippen LogP contribution in [0, 0.1) is 0 Å². The standard InChI is InChI=1S/C13H12N4O/c14-12(18)11-13-15-7-6-10(17(13)8-16-11)9-4-2-1-3-5-9/h1-4,6-9H,5H2,(H2,14,18). The predicted octanol–water partition coefficient (Wildman–Crippen LogP) is 1.43. The molecule has 90 valence electrons. The number of amides is 1. The molecule has 0 saturated carbocycles. The molecule has 0 spiro atoms. The highest BCUT2D eigenvalue weighted by atomic mass is 16.1. The predicted molar refractivity (Wildman–Crippen MR) is 67.1 cm³/mol. The van der Waals surface area contributed by atoms with Crippen LogP contribution in [0.25, 0.3) is 5.65 Å². The number of hydrogen-bond donors (Lipinski definition) is 1. The smallest absolute Gasteiger partial charge is 0.271 e. The minimum Gasteiger partial charge on any atom is -0.364 e. The summed E-state index contributed by atoms with van der Waals surface area (Å²) in [5, 5.41) is 0. The van der Waals surface area contributed by atoms with Gasteiger partial charge in [0.05, 0.1) is 0 Å². The zero-order chi connectivity index (χ0) is 12.5. The van der Waals surface area contributed by atoms with Crippen LogP contribution in [0.5, 0.6) is 0 Å². The van der Waals surface area contributed by atoms with E-state index in [1.165, 1.54) is 0 Å². The van der Waals surface area contributed by atoms with Gasteiger partial charge in [-0.25, -0.2) is 9.97 Å². The van der Waals surface area contributed by atoms with E-state index in [1.54, 1.807) is 12.5 Å². The van der Waals surface area contributed by atoms with Crippen molar-refractivity contribution >= 4 is 11.6 Å². The molecule has 0 aliphatic heterocycles. The Labute approximate surface area is 104 Å². The Kier molecular flexibility index (Phi) is 2.44. The van der Waals surface area contributed by atoms with Gasteiger partial charge in [-0.3, -0.25) is 9.20 Å². The molecule has 2 heterocycles. The molecule has 1 unspecified atom stereocenters. The van der Waals surface area contributed by atoms with Crippen LogP contribution in [0.3, 0.4) is 0 Å². The van der Waals surface area contributed by atoms with Gasteiger partial charge in [0.2, 0.25) is 0 Å². The summed E-state index contributed by atoms with van der Waals surface area (Å²) >= 11 is 0. The number of nitrogens with two attached hydrogens (primary N) is 1. The fourth-order valence-corrected chi connectivity index (χ4v) is 2.19. The number of primary amides is 1. The van der Waals surface area contributed by atoms with Crippen LogP contribution in [0.2, 0.25) is 0 Å². The lowest BCUT2D eigenvalue weighted by Gasteiger charge is -2.14. The molecule has 0 saturated heterocycles. The van der Waals surface area contributed by atoms with Gasteiger partial charge >= 0.3 is 0 Å². The monoisotopic (exact) mass is 240 g/mol. The maximum absolute atomic E-state index is 11.2. The number of allylic oxidation sites excluding steroid dienone is 4. The average molecular weight is 240 g/mol. The molecule has 0 bridgehead atoms. The number of hydrogen-bond acceptors (Lipinski definition) is 3. The van der Waals surface area contributed by atoms with Crippen molar-refractivity contribution in [2.75, 3.05) is 0 Å². The molecule has 1 amide bonds. The lowest BCUT2D eigenvalue weighted by molar-refractivity contribution is 0.0997. The number of imidazole rings is 1. The normalized spacial score (nSPS) is 18.3. The Morgan fingerprint density at radius 1 is 1.39 bits per heavy atom. The van der Waals surface area contributed by atoms with E-state index in [1.807, 2.05) is 22.6 Å². The highest BCUT2D eigenvalue weighted by Gasteiger charge is 2.17. The SMILES string of the molecule is NC(=O)c1ncn2c(C3C=CC=CC3)ccnc12. The van der Waals surface area contributed by atoms with Crippen molar-refractivity contribution in [2.45, 2.75) is 12.3 Å². The summed E-state index contributed by atoms with van der Waals surface area (Å²) in [6, 6.07) is 1.94. The average Bonchev–Trinajstić information content (AvgIpc) is 2.83. The van der Waals surface area contributed by atoms with Crippen molar-refractivity contribution in [2.24, 2.45) is 5.73 Å². The first kappa shape index (κ1) is 10.7. The van der Waals surface area contributed by atoms with E-state index < -0.39 is 5.91 Å². The highest BCUT2D eigenvalue weighted by molar-refractivity contribution is 5.96. The van der Waals surface area contributed by atoms with Crippen LogP contribution >= 0.6 is 0 Å². The molecule has 2 aromatic rings. The van der Waals surface area contributed by atoms with Crippen LogP contribution in [0.15, 0.2) is 42.9 Å². The zero-order valence-electron chi connectivity index (χ0n) is 9.65. The molecule has 2 aromatic heterocycles. The number of aromatic nitrogens is 3. The number of rotatable bonds is 2. The Hall–Kier alpha value is -2.43. The van der Waals surface area contributed by atoms with Gasteiger partial charge in [0.25, 0.3) is 5.91 Å². The van der Waals surface area contributed by atoms with Crippen LogP contribution in [0.4, 0.5) is 0 Å². The number of nitrogens with zero attached hydrogens (tertiary/aromatic N) is 3. The molecule has 0 aromatic carbocycles. The van der Waals surface area contributed by atoms with E-state index in [2.05, 4.69) is 22.1 Å². The molecule has 0 radical (unpaired) electrons. The van der Waals surface area contributed by atoms with Crippen molar-refractivity contribution in [3.8, 4) is 0 Å². The van der Waals surface area contributed by atoms with Crippen LogP contribution < -0.4 is 5.73 Å². The molecule has 0 fully saturated rings. The van der Waals surface area contributed by atoms with Gasteiger partial charge in [-0.2, -0.15) is 0 Å². The molecule has 1 aliphatic rings. The second-order valence-corrected chi connectivity index (χ2v) is 4.18. The summed E-state index contributed by atoms with van der Waals surface area (Å²) in [5.74, 6) is -0.281. The zero-order valence-corrected chi connectivity index (χ0v) is 9.65. The van der Waals surface area contributed by atoms with E-state index in [-0.39, 0.29) is 11.6 Å². The minimum absolute atomic E-state index is 0.215. The summed E-state index contributed by atoms with van der Waals surface area (Å²) in [5.41, 5.74) is 7.06. The lowest BCUT2D eigenvalue weighted by Crippen LogP contribution is -2.13. The van der Waals surface area contributed by atoms with Crippen LogP contribution in [0.1, 0.15) is 28.5 Å². The summed E-state index contributed by atoms with van der Waals surface area (Å²) < 4.78 is 1.83. The summed E-state index contributed by atoms with van der Waals surface area (Å²) in [7, 11) is 0. The topological polar surface area (TPSA) is 73.3 Å². The molecule has 1 atom stereocenters. The van der Waals surface area contributed by atoms with E-state index in [4.69, 9.17) is 5.73 Å². The van der Waals surface area contributed by atoms with E-state index in [9.17, 15) is 4.79 Å². The highest BCUT2D eigenvalue weighted by Crippen LogP contribution is 2.25. The Balaban J connectivity index is 2.16. The van der Waals surface area contributed by atoms with Crippen molar-refractivity contribution in [1.82, 2.24) is 14.4 Å².